The lowest BCUT2D eigenvalue weighted by Gasteiger charge is -2.18. The summed E-state index contributed by atoms with van der Waals surface area (Å²) < 4.78 is 6.86. The highest BCUT2D eigenvalue weighted by atomic mass is 79.9. The van der Waals surface area contributed by atoms with Crippen molar-refractivity contribution >= 4 is 21.6 Å². The van der Waals surface area contributed by atoms with E-state index in [1.165, 1.54) is 5.69 Å². The van der Waals surface area contributed by atoms with Crippen LogP contribution in [0.5, 0.6) is 5.88 Å². The van der Waals surface area contributed by atoms with Crippen LogP contribution < -0.4 is 9.64 Å². The van der Waals surface area contributed by atoms with Crippen LogP contribution in [0, 0.1) is 0 Å². The SMILES string of the molecule is Brc1ccc(OC2CCN(c3ccncc3)C2)nc1. The molecular weight excluding hydrogens is 306 g/mol. The number of hydrogen-bond donors (Lipinski definition) is 0. The van der Waals surface area contributed by atoms with Crippen molar-refractivity contribution in [2.75, 3.05) is 18.0 Å². The fraction of sp³-hybridized carbons (Fsp3) is 0.286. The van der Waals surface area contributed by atoms with Gasteiger partial charge in [-0.25, -0.2) is 4.98 Å². The van der Waals surface area contributed by atoms with Crippen molar-refractivity contribution in [2.24, 2.45) is 0 Å². The number of nitrogens with zero attached hydrogens (tertiary/aromatic N) is 3. The van der Waals surface area contributed by atoms with Gasteiger partial charge >= 0.3 is 0 Å². The monoisotopic (exact) mass is 319 g/mol. The van der Waals surface area contributed by atoms with Gasteiger partial charge in [-0.1, -0.05) is 0 Å². The number of halogens is 1. The average Bonchev–Trinajstić information content (AvgIpc) is 2.91. The minimum absolute atomic E-state index is 0.196. The van der Waals surface area contributed by atoms with Gasteiger partial charge in [-0.2, -0.15) is 0 Å². The maximum absolute atomic E-state index is 5.89. The summed E-state index contributed by atoms with van der Waals surface area (Å²) in [7, 11) is 0. The van der Waals surface area contributed by atoms with E-state index in [0.29, 0.717) is 5.88 Å². The standard InChI is InChI=1S/C14H14BrN3O/c15-11-1-2-14(17-9-11)19-13-5-8-18(10-13)12-3-6-16-7-4-12/h1-4,6-7,9,13H,5,8,10H2. The first kappa shape index (κ1) is 12.4. The Morgan fingerprint density at radius 1 is 1.21 bits per heavy atom. The maximum atomic E-state index is 5.89. The minimum atomic E-state index is 0.196. The van der Waals surface area contributed by atoms with Crippen molar-refractivity contribution in [1.29, 1.82) is 0 Å². The molecule has 0 N–H and O–H groups in total. The van der Waals surface area contributed by atoms with Crippen LogP contribution in [0.25, 0.3) is 0 Å². The van der Waals surface area contributed by atoms with Gasteiger partial charge in [-0.15, -0.1) is 0 Å². The van der Waals surface area contributed by atoms with E-state index in [0.717, 1.165) is 24.0 Å². The number of rotatable bonds is 3. The third-order valence-corrected chi connectivity index (χ3v) is 3.63. The first-order chi connectivity index (χ1) is 9.31. The quantitative estimate of drug-likeness (QED) is 0.872. The molecule has 0 bridgehead atoms. The van der Waals surface area contributed by atoms with Gasteiger partial charge in [0.25, 0.3) is 0 Å². The van der Waals surface area contributed by atoms with Crippen LogP contribution in [-0.2, 0) is 0 Å². The Labute approximate surface area is 120 Å². The second-order valence-corrected chi connectivity index (χ2v) is 5.41. The van der Waals surface area contributed by atoms with Crippen molar-refractivity contribution in [3.05, 3.63) is 47.3 Å². The number of aromatic nitrogens is 2. The van der Waals surface area contributed by atoms with Crippen LogP contribution in [0.2, 0.25) is 0 Å². The molecule has 0 aromatic carbocycles. The molecule has 0 amide bonds. The highest BCUT2D eigenvalue weighted by Crippen LogP contribution is 2.22. The molecule has 3 rings (SSSR count). The van der Waals surface area contributed by atoms with Crippen LogP contribution in [0.1, 0.15) is 6.42 Å². The van der Waals surface area contributed by atoms with E-state index in [1.54, 1.807) is 6.20 Å². The molecule has 1 atom stereocenters. The van der Waals surface area contributed by atoms with Crippen LogP contribution in [0.3, 0.4) is 0 Å². The van der Waals surface area contributed by atoms with Gasteiger partial charge < -0.3 is 9.64 Å². The number of ether oxygens (including phenoxy) is 1. The van der Waals surface area contributed by atoms with Gasteiger partial charge in [-0.3, -0.25) is 4.98 Å². The summed E-state index contributed by atoms with van der Waals surface area (Å²) in [5.41, 5.74) is 1.20. The zero-order valence-corrected chi connectivity index (χ0v) is 12.0. The molecule has 2 aromatic heterocycles. The molecule has 4 nitrogen and oxygen atoms in total. The average molecular weight is 320 g/mol. The Hall–Kier alpha value is -1.62. The second-order valence-electron chi connectivity index (χ2n) is 4.49. The number of anilines is 1. The van der Waals surface area contributed by atoms with Gasteiger partial charge in [0, 0.05) is 47.8 Å². The van der Waals surface area contributed by atoms with Gasteiger partial charge in [0.2, 0.25) is 5.88 Å². The molecule has 0 saturated carbocycles. The number of hydrogen-bond acceptors (Lipinski definition) is 4. The first-order valence-electron chi connectivity index (χ1n) is 6.24. The predicted octanol–water partition coefficient (Wildman–Crippen LogP) is 2.90. The van der Waals surface area contributed by atoms with Gasteiger partial charge in [0.05, 0.1) is 6.54 Å². The van der Waals surface area contributed by atoms with E-state index >= 15 is 0 Å². The fourth-order valence-corrected chi connectivity index (χ4v) is 2.45. The van der Waals surface area contributed by atoms with Gasteiger partial charge in [0.1, 0.15) is 6.10 Å². The van der Waals surface area contributed by atoms with Crippen molar-refractivity contribution in [2.45, 2.75) is 12.5 Å². The summed E-state index contributed by atoms with van der Waals surface area (Å²) in [5, 5.41) is 0. The van der Waals surface area contributed by atoms with Crippen molar-refractivity contribution in [1.82, 2.24) is 9.97 Å². The largest absolute Gasteiger partial charge is 0.472 e. The predicted molar refractivity (Wildman–Crippen MR) is 77.4 cm³/mol. The smallest absolute Gasteiger partial charge is 0.213 e. The van der Waals surface area contributed by atoms with E-state index in [4.69, 9.17) is 4.74 Å². The molecule has 3 heterocycles. The van der Waals surface area contributed by atoms with E-state index < -0.39 is 0 Å². The van der Waals surface area contributed by atoms with Crippen LogP contribution in [0.4, 0.5) is 5.69 Å². The molecule has 5 heteroatoms. The molecule has 2 aromatic rings. The highest BCUT2D eigenvalue weighted by molar-refractivity contribution is 9.10. The van der Waals surface area contributed by atoms with E-state index in [2.05, 4.69) is 30.8 Å². The van der Waals surface area contributed by atoms with Crippen LogP contribution in [-0.4, -0.2) is 29.2 Å². The Bertz CT molecular complexity index is 532. The van der Waals surface area contributed by atoms with Crippen molar-refractivity contribution in [3.8, 4) is 5.88 Å². The molecule has 98 valence electrons. The third kappa shape index (κ3) is 3.04. The zero-order chi connectivity index (χ0) is 13.1. The molecule has 1 saturated heterocycles. The molecule has 0 spiro atoms. The molecule has 0 radical (unpaired) electrons. The summed E-state index contributed by atoms with van der Waals surface area (Å²) in [6, 6.07) is 7.89. The lowest BCUT2D eigenvalue weighted by molar-refractivity contribution is 0.216. The van der Waals surface area contributed by atoms with Gasteiger partial charge in [-0.05, 0) is 34.1 Å². The molecule has 0 aliphatic carbocycles. The minimum Gasteiger partial charge on any atom is -0.472 e. The Morgan fingerprint density at radius 2 is 2.05 bits per heavy atom. The Morgan fingerprint density at radius 3 is 2.79 bits per heavy atom. The molecule has 19 heavy (non-hydrogen) atoms. The number of pyridine rings is 2. The topological polar surface area (TPSA) is 38.2 Å². The molecule has 1 aliphatic rings. The highest BCUT2D eigenvalue weighted by Gasteiger charge is 2.24. The maximum Gasteiger partial charge on any atom is 0.213 e. The first-order valence-corrected chi connectivity index (χ1v) is 7.04. The lowest BCUT2D eigenvalue weighted by Crippen LogP contribution is -2.24. The van der Waals surface area contributed by atoms with E-state index in [1.807, 2.05) is 36.7 Å². The van der Waals surface area contributed by atoms with Crippen LogP contribution >= 0.6 is 15.9 Å². The van der Waals surface area contributed by atoms with E-state index in [9.17, 15) is 0 Å². The molecule has 1 aliphatic heterocycles. The third-order valence-electron chi connectivity index (χ3n) is 3.16. The summed E-state index contributed by atoms with van der Waals surface area (Å²) in [6.45, 7) is 1.90. The molecule has 1 unspecified atom stereocenters. The molecular formula is C14H14BrN3O. The normalized spacial score (nSPS) is 18.6. The Kier molecular flexibility index (Phi) is 3.64. The molecule has 1 fully saturated rings. The second kappa shape index (κ2) is 5.57. The summed E-state index contributed by atoms with van der Waals surface area (Å²) in [6.07, 6.45) is 6.60. The lowest BCUT2D eigenvalue weighted by atomic mass is 10.3. The summed E-state index contributed by atoms with van der Waals surface area (Å²) in [4.78, 5) is 10.6. The summed E-state index contributed by atoms with van der Waals surface area (Å²) >= 11 is 3.37. The summed E-state index contributed by atoms with van der Waals surface area (Å²) in [5.74, 6) is 0.685. The fourth-order valence-electron chi connectivity index (χ4n) is 2.22. The van der Waals surface area contributed by atoms with E-state index in [-0.39, 0.29) is 6.10 Å². The van der Waals surface area contributed by atoms with Gasteiger partial charge in [0.15, 0.2) is 0 Å². The van der Waals surface area contributed by atoms with Crippen molar-refractivity contribution < 1.29 is 4.74 Å². The Balaban J connectivity index is 1.62. The zero-order valence-electron chi connectivity index (χ0n) is 10.4. The van der Waals surface area contributed by atoms with Crippen LogP contribution in [0.15, 0.2) is 47.3 Å². The van der Waals surface area contributed by atoms with Crippen molar-refractivity contribution in [3.63, 3.8) is 0 Å².